The summed E-state index contributed by atoms with van der Waals surface area (Å²) in [6.07, 6.45) is 1.74. The molecule has 4 aliphatic carbocycles. The largest absolute Gasteiger partial charge is 0.346 e. The number of hydrogen-bond acceptors (Lipinski definition) is 3. The first-order valence-corrected chi connectivity index (χ1v) is 7.46. The highest BCUT2D eigenvalue weighted by molar-refractivity contribution is 9.12. The minimum atomic E-state index is -0.539. The van der Waals surface area contributed by atoms with Gasteiger partial charge in [0.2, 0.25) is 0 Å². The van der Waals surface area contributed by atoms with Gasteiger partial charge in [-0.1, -0.05) is 31.9 Å². The van der Waals surface area contributed by atoms with Crippen LogP contribution in [0.4, 0.5) is 0 Å². The van der Waals surface area contributed by atoms with Crippen LogP contribution in [0.1, 0.15) is 12.8 Å². The molecule has 0 aromatic carbocycles. The Labute approximate surface area is 110 Å². The minimum Gasteiger partial charge on any atom is -0.346 e. The Kier molecular flexibility index (Phi) is 1.91. The number of fused-ring (bicyclic) bond motifs is 1. The van der Waals surface area contributed by atoms with E-state index < -0.39 is 5.79 Å². The molecule has 1 spiro atoms. The topological polar surface area (TPSA) is 35.5 Å². The van der Waals surface area contributed by atoms with E-state index in [2.05, 4.69) is 31.9 Å². The Hall–Kier alpha value is 0.550. The van der Waals surface area contributed by atoms with Crippen molar-refractivity contribution in [1.82, 2.24) is 0 Å². The Morgan fingerprint density at radius 2 is 2.00 bits per heavy atom. The smallest absolute Gasteiger partial charge is 0.188 e. The van der Waals surface area contributed by atoms with Crippen LogP contribution in [0.2, 0.25) is 0 Å². The Morgan fingerprint density at radius 3 is 2.56 bits per heavy atom. The van der Waals surface area contributed by atoms with Crippen LogP contribution in [-0.4, -0.2) is 33.9 Å². The summed E-state index contributed by atoms with van der Waals surface area (Å²) in [5.41, 5.74) is 0. The van der Waals surface area contributed by atoms with Crippen LogP contribution in [0, 0.1) is 17.8 Å². The van der Waals surface area contributed by atoms with E-state index in [1.165, 1.54) is 0 Å². The zero-order chi connectivity index (χ0) is 11.1. The van der Waals surface area contributed by atoms with Gasteiger partial charge in [-0.2, -0.15) is 0 Å². The molecule has 5 heteroatoms. The quantitative estimate of drug-likeness (QED) is 0.625. The van der Waals surface area contributed by atoms with Crippen LogP contribution in [0.3, 0.4) is 0 Å². The Balaban J connectivity index is 1.91. The van der Waals surface area contributed by atoms with Crippen molar-refractivity contribution in [2.45, 2.75) is 27.8 Å². The second-order valence-electron chi connectivity index (χ2n) is 5.27. The fourth-order valence-corrected chi connectivity index (χ4v) is 6.84. The lowest BCUT2D eigenvalue weighted by atomic mass is 9.70. The molecule has 4 bridgehead atoms. The molecule has 0 aromatic rings. The molecule has 0 aromatic heterocycles. The number of carbonyl (C=O) groups excluding carboxylic acids is 1. The molecule has 5 rings (SSSR count). The number of ketones is 1. The van der Waals surface area contributed by atoms with Gasteiger partial charge in [-0.05, 0) is 12.3 Å². The minimum absolute atomic E-state index is 0.0717. The molecule has 4 saturated carbocycles. The molecular weight excluding hydrogens is 340 g/mol. The van der Waals surface area contributed by atoms with Crippen LogP contribution >= 0.6 is 31.9 Å². The van der Waals surface area contributed by atoms with E-state index in [-0.39, 0.29) is 21.0 Å². The fraction of sp³-hybridized carbons (Fsp3) is 0.909. The van der Waals surface area contributed by atoms with Crippen LogP contribution in [0.5, 0.6) is 0 Å². The molecule has 0 radical (unpaired) electrons. The predicted octanol–water partition coefficient (Wildman–Crippen LogP) is 1.87. The van der Waals surface area contributed by atoms with E-state index in [1.54, 1.807) is 0 Å². The maximum absolute atomic E-state index is 12.0. The number of alkyl halides is 2. The average Bonchev–Trinajstić information content (AvgIpc) is 2.84. The standard InChI is InChI=1S/C11H12Br2O3/c12-9-8-6-3-5(4-7(8)14)10(9,13)11(6)15-1-2-16-11/h5-6,8-9H,1-4H2. The van der Waals surface area contributed by atoms with Gasteiger partial charge < -0.3 is 9.47 Å². The molecule has 1 aliphatic heterocycles. The highest BCUT2D eigenvalue weighted by atomic mass is 79.9. The second kappa shape index (κ2) is 2.92. The fourth-order valence-electron chi connectivity index (χ4n) is 4.33. The molecule has 5 atom stereocenters. The Bertz CT molecular complexity index is 375. The third kappa shape index (κ3) is 0.835. The van der Waals surface area contributed by atoms with Gasteiger partial charge in [0, 0.05) is 23.1 Å². The van der Waals surface area contributed by atoms with Gasteiger partial charge in [0.15, 0.2) is 5.79 Å². The normalized spacial score (nSPS) is 56.8. The van der Waals surface area contributed by atoms with Gasteiger partial charge in [-0.3, -0.25) is 4.79 Å². The first kappa shape index (κ1) is 10.5. The molecule has 88 valence electrons. The number of carbonyl (C=O) groups is 1. The molecule has 1 saturated heterocycles. The number of rotatable bonds is 0. The summed E-state index contributed by atoms with van der Waals surface area (Å²) in [5.74, 6) is 0.516. The van der Waals surface area contributed by atoms with Gasteiger partial charge in [-0.15, -0.1) is 0 Å². The average molecular weight is 352 g/mol. The van der Waals surface area contributed by atoms with Crippen molar-refractivity contribution < 1.29 is 14.3 Å². The van der Waals surface area contributed by atoms with E-state index in [9.17, 15) is 4.79 Å². The van der Waals surface area contributed by atoms with Crippen molar-refractivity contribution in [1.29, 1.82) is 0 Å². The van der Waals surface area contributed by atoms with E-state index in [0.717, 1.165) is 6.42 Å². The summed E-state index contributed by atoms with van der Waals surface area (Å²) < 4.78 is 11.7. The summed E-state index contributed by atoms with van der Waals surface area (Å²) in [6, 6.07) is 0. The number of Topliss-reactive ketones (excluding diaryl/α,β-unsaturated/α-hetero) is 1. The SMILES string of the molecule is O=C1CC2CC3C1C(Br)C2(Br)C31OCCO1. The van der Waals surface area contributed by atoms with Crippen molar-refractivity contribution in [3.8, 4) is 0 Å². The van der Waals surface area contributed by atoms with Crippen molar-refractivity contribution in [2.24, 2.45) is 17.8 Å². The van der Waals surface area contributed by atoms with E-state index in [1.807, 2.05) is 0 Å². The lowest BCUT2D eigenvalue weighted by molar-refractivity contribution is -0.181. The van der Waals surface area contributed by atoms with Gasteiger partial charge in [0.1, 0.15) is 5.78 Å². The molecule has 0 amide bonds. The Morgan fingerprint density at radius 1 is 1.31 bits per heavy atom. The number of ether oxygens (including phenoxy) is 2. The first-order valence-electron chi connectivity index (χ1n) is 5.75. The third-order valence-corrected chi connectivity index (χ3v) is 8.44. The zero-order valence-electron chi connectivity index (χ0n) is 8.62. The van der Waals surface area contributed by atoms with Crippen molar-refractivity contribution in [3.63, 3.8) is 0 Å². The van der Waals surface area contributed by atoms with Crippen molar-refractivity contribution in [2.75, 3.05) is 13.2 Å². The molecule has 5 unspecified atom stereocenters. The highest BCUT2D eigenvalue weighted by Crippen LogP contribution is 2.72. The summed E-state index contributed by atoms with van der Waals surface area (Å²) in [7, 11) is 0. The van der Waals surface area contributed by atoms with Crippen molar-refractivity contribution in [3.05, 3.63) is 0 Å². The van der Waals surface area contributed by atoms with E-state index in [0.29, 0.717) is 31.3 Å². The lowest BCUT2D eigenvalue weighted by Gasteiger charge is -2.43. The molecule has 16 heavy (non-hydrogen) atoms. The van der Waals surface area contributed by atoms with Gasteiger partial charge in [-0.25, -0.2) is 0 Å². The second-order valence-corrected chi connectivity index (χ2v) is 7.57. The number of halogens is 2. The molecule has 1 heterocycles. The van der Waals surface area contributed by atoms with E-state index in [4.69, 9.17) is 9.47 Å². The van der Waals surface area contributed by atoms with E-state index >= 15 is 0 Å². The molecule has 5 aliphatic rings. The van der Waals surface area contributed by atoms with Gasteiger partial charge >= 0.3 is 0 Å². The molecule has 3 nitrogen and oxygen atoms in total. The first-order chi connectivity index (χ1) is 7.61. The zero-order valence-corrected chi connectivity index (χ0v) is 11.8. The lowest BCUT2D eigenvalue weighted by Crippen LogP contribution is -2.54. The van der Waals surface area contributed by atoms with Crippen LogP contribution in [0.15, 0.2) is 0 Å². The van der Waals surface area contributed by atoms with Crippen LogP contribution in [0.25, 0.3) is 0 Å². The van der Waals surface area contributed by atoms with Gasteiger partial charge in [0.25, 0.3) is 0 Å². The summed E-state index contributed by atoms with van der Waals surface area (Å²) in [5, 5.41) is 0. The number of hydrogen-bond donors (Lipinski definition) is 0. The third-order valence-electron chi connectivity index (χ3n) is 4.84. The van der Waals surface area contributed by atoms with Crippen LogP contribution in [-0.2, 0) is 14.3 Å². The summed E-state index contributed by atoms with van der Waals surface area (Å²) >= 11 is 7.58. The molecule has 0 N–H and O–H groups in total. The van der Waals surface area contributed by atoms with Gasteiger partial charge in [0.05, 0.1) is 17.5 Å². The predicted molar refractivity (Wildman–Crippen MR) is 63.7 cm³/mol. The summed E-state index contributed by atoms with van der Waals surface area (Å²) in [4.78, 5) is 12.2. The molecule has 5 fully saturated rings. The maximum atomic E-state index is 12.0. The highest BCUT2D eigenvalue weighted by Gasteiger charge is 2.81. The van der Waals surface area contributed by atoms with Crippen molar-refractivity contribution >= 4 is 37.6 Å². The van der Waals surface area contributed by atoms with Crippen LogP contribution < -0.4 is 0 Å². The molecular formula is C11H12Br2O3. The monoisotopic (exact) mass is 350 g/mol. The maximum Gasteiger partial charge on any atom is 0.188 e. The summed E-state index contributed by atoms with van der Waals surface area (Å²) in [6.45, 7) is 1.30.